The van der Waals surface area contributed by atoms with E-state index in [9.17, 15) is 9.59 Å². The second-order valence-corrected chi connectivity index (χ2v) is 5.63. The van der Waals surface area contributed by atoms with Crippen LogP contribution in [-0.2, 0) is 13.0 Å². The van der Waals surface area contributed by atoms with Crippen LogP contribution in [0.5, 0.6) is 0 Å². The van der Waals surface area contributed by atoms with Gasteiger partial charge in [0.15, 0.2) is 0 Å². The number of aromatic nitrogens is 3. The highest BCUT2D eigenvalue weighted by atomic mass is 16.2. The predicted molar refractivity (Wildman–Crippen MR) is 90.8 cm³/mol. The summed E-state index contributed by atoms with van der Waals surface area (Å²) in [6.45, 7) is 2.21. The first kappa shape index (κ1) is 15.7. The van der Waals surface area contributed by atoms with Crippen LogP contribution in [0.4, 0.5) is 0 Å². The van der Waals surface area contributed by atoms with E-state index in [-0.39, 0.29) is 18.1 Å². The molecule has 0 unspecified atom stereocenters. The highest BCUT2D eigenvalue weighted by molar-refractivity contribution is 5.95. The number of nitrogens with one attached hydrogen (secondary N) is 3. The van der Waals surface area contributed by atoms with Crippen molar-refractivity contribution in [1.82, 2.24) is 20.5 Å². The number of hydrogen-bond donors (Lipinski definition) is 3. The van der Waals surface area contributed by atoms with Crippen molar-refractivity contribution in [2.45, 2.75) is 19.9 Å². The predicted octanol–water partition coefficient (Wildman–Crippen LogP) is 1.93. The molecule has 1 heterocycles. The third-order valence-corrected chi connectivity index (χ3v) is 3.74. The van der Waals surface area contributed by atoms with Crippen LogP contribution >= 0.6 is 0 Å². The Morgan fingerprint density at radius 2 is 1.88 bits per heavy atom. The number of benzene rings is 2. The zero-order chi connectivity index (χ0) is 16.9. The SMILES string of the molecule is Cc1ccc(Cc2ccccc2C(=O)NCc2n[nH]c(=O)[nH]2)cc1. The van der Waals surface area contributed by atoms with E-state index in [2.05, 4.69) is 44.8 Å². The molecule has 0 aliphatic heterocycles. The molecule has 0 saturated carbocycles. The number of carbonyl (C=O) groups is 1. The molecule has 24 heavy (non-hydrogen) atoms. The molecule has 6 heteroatoms. The smallest absolute Gasteiger partial charge is 0.340 e. The van der Waals surface area contributed by atoms with Gasteiger partial charge in [0.2, 0.25) is 0 Å². The zero-order valence-electron chi connectivity index (χ0n) is 13.3. The summed E-state index contributed by atoms with van der Waals surface area (Å²) in [5.41, 5.74) is 3.54. The maximum atomic E-state index is 12.4. The van der Waals surface area contributed by atoms with Gasteiger partial charge in [-0.05, 0) is 30.5 Å². The lowest BCUT2D eigenvalue weighted by Crippen LogP contribution is -2.24. The number of nitrogens with zero attached hydrogens (tertiary/aromatic N) is 1. The Hall–Kier alpha value is -3.15. The number of H-pyrrole nitrogens is 2. The third-order valence-electron chi connectivity index (χ3n) is 3.74. The highest BCUT2D eigenvalue weighted by Gasteiger charge is 2.11. The molecule has 122 valence electrons. The van der Waals surface area contributed by atoms with Gasteiger partial charge in [0.05, 0.1) is 6.54 Å². The second kappa shape index (κ2) is 6.95. The summed E-state index contributed by atoms with van der Waals surface area (Å²) in [5.74, 6) is 0.200. The highest BCUT2D eigenvalue weighted by Crippen LogP contribution is 2.15. The lowest BCUT2D eigenvalue weighted by Gasteiger charge is -2.10. The van der Waals surface area contributed by atoms with Crippen LogP contribution in [0.2, 0.25) is 0 Å². The molecule has 6 nitrogen and oxygen atoms in total. The first-order chi connectivity index (χ1) is 11.6. The van der Waals surface area contributed by atoms with E-state index < -0.39 is 0 Å². The van der Waals surface area contributed by atoms with Crippen LogP contribution in [0, 0.1) is 6.92 Å². The summed E-state index contributed by atoms with van der Waals surface area (Å²) in [6.07, 6.45) is 0.684. The van der Waals surface area contributed by atoms with Crippen molar-refractivity contribution < 1.29 is 4.79 Å². The first-order valence-corrected chi connectivity index (χ1v) is 7.67. The van der Waals surface area contributed by atoms with Crippen molar-refractivity contribution in [2.75, 3.05) is 0 Å². The molecule has 1 aromatic heterocycles. The Morgan fingerprint density at radius 1 is 1.12 bits per heavy atom. The summed E-state index contributed by atoms with van der Waals surface area (Å²) in [6, 6.07) is 15.8. The zero-order valence-corrected chi connectivity index (χ0v) is 13.3. The summed E-state index contributed by atoms with van der Waals surface area (Å²) in [5, 5.41) is 8.81. The van der Waals surface area contributed by atoms with E-state index >= 15 is 0 Å². The first-order valence-electron chi connectivity index (χ1n) is 7.67. The van der Waals surface area contributed by atoms with Crippen LogP contribution in [-0.4, -0.2) is 21.1 Å². The molecular weight excluding hydrogens is 304 g/mol. The van der Waals surface area contributed by atoms with Gasteiger partial charge in [-0.15, -0.1) is 0 Å². The Bertz CT molecular complexity index is 894. The van der Waals surface area contributed by atoms with Crippen LogP contribution in [0.1, 0.15) is 32.9 Å². The number of carbonyl (C=O) groups excluding carboxylic acids is 1. The minimum atomic E-state index is -0.390. The van der Waals surface area contributed by atoms with Crippen molar-refractivity contribution in [2.24, 2.45) is 0 Å². The third kappa shape index (κ3) is 3.78. The molecule has 2 aromatic carbocycles. The molecule has 3 rings (SSSR count). The fraction of sp³-hybridized carbons (Fsp3) is 0.167. The fourth-order valence-corrected chi connectivity index (χ4v) is 2.47. The molecule has 0 spiro atoms. The van der Waals surface area contributed by atoms with E-state index in [0.717, 1.165) is 11.1 Å². The molecule has 3 N–H and O–H groups in total. The number of rotatable bonds is 5. The Balaban J connectivity index is 1.74. The summed E-state index contributed by atoms with van der Waals surface area (Å²) in [4.78, 5) is 26.0. The lowest BCUT2D eigenvalue weighted by molar-refractivity contribution is 0.0949. The van der Waals surface area contributed by atoms with Crippen molar-refractivity contribution in [3.63, 3.8) is 0 Å². The average molecular weight is 322 g/mol. The quantitative estimate of drug-likeness (QED) is 0.670. The maximum absolute atomic E-state index is 12.4. The van der Waals surface area contributed by atoms with E-state index in [1.54, 1.807) is 6.07 Å². The molecule has 0 saturated heterocycles. The Morgan fingerprint density at radius 3 is 2.58 bits per heavy atom. The summed E-state index contributed by atoms with van der Waals surface area (Å²) < 4.78 is 0. The van der Waals surface area contributed by atoms with Gasteiger partial charge < -0.3 is 5.32 Å². The molecule has 0 aliphatic rings. The van der Waals surface area contributed by atoms with Crippen molar-refractivity contribution in [3.8, 4) is 0 Å². The van der Waals surface area contributed by atoms with Gasteiger partial charge in [-0.25, -0.2) is 9.89 Å². The minimum absolute atomic E-state index is 0.163. The molecule has 1 amide bonds. The van der Waals surface area contributed by atoms with Crippen LogP contribution < -0.4 is 11.0 Å². The van der Waals surface area contributed by atoms with E-state index in [1.807, 2.05) is 25.1 Å². The standard InChI is InChI=1S/C18H18N4O2/c1-12-6-8-13(9-7-12)10-14-4-2-3-5-15(14)17(23)19-11-16-20-18(24)22-21-16/h2-9H,10-11H2,1H3,(H,19,23)(H2,20,21,22,24). The van der Waals surface area contributed by atoms with E-state index in [4.69, 9.17) is 0 Å². The second-order valence-electron chi connectivity index (χ2n) is 5.63. The largest absolute Gasteiger partial charge is 0.345 e. The summed E-state index contributed by atoms with van der Waals surface area (Å²) in [7, 11) is 0. The fourth-order valence-electron chi connectivity index (χ4n) is 2.47. The maximum Gasteiger partial charge on any atom is 0.340 e. The van der Waals surface area contributed by atoms with Gasteiger partial charge in [0, 0.05) is 5.56 Å². The Kier molecular flexibility index (Phi) is 4.56. The van der Waals surface area contributed by atoms with Gasteiger partial charge in [-0.3, -0.25) is 9.78 Å². The van der Waals surface area contributed by atoms with Gasteiger partial charge in [0.1, 0.15) is 5.82 Å². The number of aromatic amines is 2. The van der Waals surface area contributed by atoms with Gasteiger partial charge in [-0.2, -0.15) is 5.10 Å². The van der Waals surface area contributed by atoms with Crippen LogP contribution in [0.25, 0.3) is 0 Å². The minimum Gasteiger partial charge on any atom is -0.345 e. The van der Waals surface area contributed by atoms with Gasteiger partial charge >= 0.3 is 5.69 Å². The van der Waals surface area contributed by atoms with Crippen LogP contribution in [0.15, 0.2) is 53.3 Å². The summed E-state index contributed by atoms with van der Waals surface area (Å²) >= 11 is 0. The normalized spacial score (nSPS) is 10.5. The number of aryl methyl sites for hydroxylation is 1. The lowest BCUT2D eigenvalue weighted by atomic mass is 9.98. The van der Waals surface area contributed by atoms with Crippen molar-refractivity contribution in [3.05, 3.63) is 87.1 Å². The van der Waals surface area contributed by atoms with Crippen molar-refractivity contribution in [1.29, 1.82) is 0 Å². The molecular formula is C18H18N4O2. The average Bonchev–Trinajstić information content (AvgIpc) is 3.01. The number of amides is 1. The Labute approximate surface area is 138 Å². The topological polar surface area (TPSA) is 90.6 Å². The van der Waals surface area contributed by atoms with E-state index in [1.165, 1.54) is 5.56 Å². The molecule has 3 aromatic rings. The number of hydrogen-bond acceptors (Lipinski definition) is 3. The molecule has 0 aliphatic carbocycles. The van der Waals surface area contributed by atoms with Crippen molar-refractivity contribution >= 4 is 5.91 Å². The van der Waals surface area contributed by atoms with Gasteiger partial charge in [-0.1, -0.05) is 48.0 Å². The molecule has 0 bridgehead atoms. The molecule has 0 radical (unpaired) electrons. The molecule has 0 fully saturated rings. The monoisotopic (exact) mass is 322 g/mol. The van der Waals surface area contributed by atoms with E-state index in [0.29, 0.717) is 17.8 Å². The van der Waals surface area contributed by atoms with Gasteiger partial charge in [0.25, 0.3) is 5.91 Å². The molecule has 0 atom stereocenters. The van der Waals surface area contributed by atoms with Crippen LogP contribution in [0.3, 0.4) is 0 Å².